The zero-order valence-corrected chi connectivity index (χ0v) is 14.3. The van der Waals surface area contributed by atoms with E-state index in [9.17, 15) is 0 Å². The minimum atomic E-state index is 0.182. The van der Waals surface area contributed by atoms with E-state index in [1.165, 1.54) is 11.1 Å². The average molecular weight is 324 g/mol. The van der Waals surface area contributed by atoms with Gasteiger partial charge in [0.15, 0.2) is 0 Å². The molecule has 1 aromatic heterocycles. The van der Waals surface area contributed by atoms with E-state index in [2.05, 4.69) is 30.5 Å². The van der Waals surface area contributed by atoms with Crippen LogP contribution in [0.5, 0.6) is 5.75 Å². The molecule has 2 aromatic carbocycles. The molecule has 0 bridgehead atoms. The first kappa shape index (κ1) is 16.5. The SMILES string of the molecule is Cc1cc2nc(CCCO)n(CCOc3ccccc3)c2cc1C. The van der Waals surface area contributed by atoms with Crippen molar-refractivity contribution in [3.63, 3.8) is 0 Å². The summed E-state index contributed by atoms with van der Waals surface area (Å²) in [4.78, 5) is 4.77. The van der Waals surface area contributed by atoms with Gasteiger partial charge in [0.25, 0.3) is 0 Å². The van der Waals surface area contributed by atoms with Gasteiger partial charge in [0, 0.05) is 13.0 Å². The lowest BCUT2D eigenvalue weighted by molar-refractivity contribution is 0.283. The Hall–Kier alpha value is -2.33. The number of fused-ring (bicyclic) bond motifs is 1. The first-order valence-corrected chi connectivity index (χ1v) is 8.44. The van der Waals surface area contributed by atoms with Crippen molar-refractivity contribution in [1.82, 2.24) is 9.55 Å². The highest BCUT2D eigenvalue weighted by atomic mass is 16.5. The van der Waals surface area contributed by atoms with Crippen LogP contribution in [0.2, 0.25) is 0 Å². The van der Waals surface area contributed by atoms with E-state index in [0.29, 0.717) is 6.61 Å². The second kappa shape index (κ2) is 7.49. The number of aromatic nitrogens is 2. The molecule has 4 heteroatoms. The first-order valence-electron chi connectivity index (χ1n) is 8.44. The Balaban J connectivity index is 1.84. The largest absolute Gasteiger partial charge is 0.492 e. The molecule has 4 nitrogen and oxygen atoms in total. The van der Waals surface area contributed by atoms with Crippen LogP contribution in [0.4, 0.5) is 0 Å². The summed E-state index contributed by atoms with van der Waals surface area (Å²) in [5.41, 5.74) is 4.68. The molecule has 1 heterocycles. The molecule has 3 aromatic rings. The predicted octanol–water partition coefficient (Wildman–Crippen LogP) is 3.66. The van der Waals surface area contributed by atoms with E-state index in [1.807, 2.05) is 30.3 Å². The summed E-state index contributed by atoms with van der Waals surface area (Å²) >= 11 is 0. The fraction of sp³-hybridized carbons (Fsp3) is 0.350. The Morgan fingerprint density at radius 2 is 1.83 bits per heavy atom. The third kappa shape index (κ3) is 3.60. The molecule has 0 atom stereocenters. The smallest absolute Gasteiger partial charge is 0.119 e. The maximum atomic E-state index is 9.14. The van der Waals surface area contributed by atoms with Gasteiger partial charge in [0.2, 0.25) is 0 Å². The molecule has 24 heavy (non-hydrogen) atoms. The summed E-state index contributed by atoms with van der Waals surface area (Å²) in [6.45, 7) is 5.75. The summed E-state index contributed by atoms with van der Waals surface area (Å²) in [5.74, 6) is 1.89. The number of aryl methyl sites for hydroxylation is 3. The number of rotatable bonds is 7. The molecule has 0 radical (unpaired) electrons. The molecule has 0 amide bonds. The van der Waals surface area contributed by atoms with E-state index >= 15 is 0 Å². The van der Waals surface area contributed by atoms with Crippen molar-refractivity contribution in [3.05, 3.63) is 59.4 Å². The van der Waals surface area contributed by atoms with Crippen molar-refractivity contribution < 1.29 is 9.84 Å². The summed E-state index contributed by atoms with van der Waals surface area (Å²) in [5, 5.41) is 9.14. The van der Waals surface area contributed by atoms with Crippen molar-refractivity contribution in [2.75, 3.05) is 13.2 Å². The number of para-hydroxylation sites is 1. The maximum Gasteiger partial charge on any atom is 0.119 e. The number of imidazole rings is 1. The minimum Gasteiger partial charge on any atom is -0.492 e. The van der Waals surface area contributed by atoms with Crippen LogP contribution in [-0.2, 0) is 13.0 Å². The number of hydrogen-bond acceptors (Lipinski definition) is 3. The van der Waals surface area contributed by atoms with E-state index < -0.39 is 0 Å². The highest BCUT2D eigenvalue weighted by Gasteiger charge is 2.12. The van der Waals surface area contributed by atoms with Crippen molar-refractivity contribution in [2.24, 2.45) is 0 Å². The second-order valence-electron chi connectivity index (χ2n) is 6.09. The number of aliphatic hydroxyl groups is 1. The summed E-state index contributed by atoms with van der Waals surface area (Å²) in [6, 6.07) is 14.2. The molecule has 0 aliphatic heterocycles. The van der Waals surface area contributed by atoms with E-state index in [-0.39, 0.29) is 6.61 Å². The van der Waals surface area contributed by atoms with Gasteiger partial charge < -0.3 is 14.4 Å². The summed E-state index contributed by atoms with van der Waals surface area (Å²) < 4.78 is 8.07. The van der Waals surface area contributed by atoms with Crippen LogP contribution in [0.15, 0.2) is 42.5 Å². The van der Waals surface area contributed by atoms with Gasteiger partial charge in [-0.2, -0.15) is 0 Å². The Labute approximate surface area is 142 Å². The van der Waals surface area contributed by atoms with E-state index in [1.54, 1.807) is 0 Å². The molecule has 0 spiro atoms. The molecule has 0 unspecified atom stereocenters. The molecular weight excluding hydrogens is 300 g/mol. The fourth-order valence-corrected chi connectivity index (χ4v) is 2.88. The van der Waals surface area contributed by atoms with Crippen LogP contribution >= 0.6 is 0 Å². The Morgan fingerprint density at radius 3 is 2.58 bits per heavy atom. The summed E-state index contributed by atoms with van der Waals surface area (Å²) in [6.07, 6.45) is 1.50. The zero-order valence-electron chi connectivity index (χ0n) is 14.3. The van der Waals surface area contributed by atoms with Gasteiger partial charge in [0.1, 0.15) is 18.2 Å². The molecular formula is C20H24N2O2. The fourth-order valence-electron chi connectivity index (χ4n) is 2.88. The maximum absolute atomic E-state index is 9.14. The minimum absolute atomic E-state index is 0.182. The van der Waals surface area contributed by atoms with Gasteiger partial charge >= 0.3 is 0 Å². The summed E-state index contributed by atoms with van der Waals surface area (Å²) in [7, 11) is 0. The van der Waals surface area contributed by atoms with Crippen molar-refractivity contribution in [3.8, 4) is 5.75 Å². The highest BCUT2D eigenvalue weighted by molar-refractivity contribution is 5.78. The third-order valence-electron chi connectivity index (χ3n) is 4.33. The Bertz CT molecular complexity index is 809. The van der Waals surface area contributed by atoms with Gasteiger partial charge in [-0.15, -0.1) is 0 Å². The number of ether oxygens (including phenoxy) is 1. The number of hydrogen-bond donors (Lipinski definition) is 1. The molecule has 0 aliphatic carbocycles. The number of aliphatic hydroxyl groups excluding tert-OH is 1. The molecule has 0 saturated heterocycles. The monoisotopic (exact) mass is 324 g/mol. The van der Waals surface area contributed by atoms with Gasteiger partial charge in [-0.05, 0) is 55.7 Å². The molecule has 3 rings (SSSR count). The first-order chi connectivity index (χ1) is 11.7. The van der Waals surface area contributed by atoms with Crippen LogP contribution < -0.4 is 4.74 Å². The van der Waals surface area contributed by atoms with Crippen LogP contribution in [0.1, 0.15) is 23.4 Å². The average Bonchev–Trinajstić information content (AvgIpc) is 2.91. The van der Waals surface area contributed by atoms with Crippen LogP contribution in [-0.4, -0.2) is 27.9 Å². The van der Waals surface area contributed by atoms with Crippen molar-refractivity contribution >= 4 is 11.0 Å². The molecule has 1 N–H and O–H groups in total. The molecule has 0 saturated carbocycles. The van der Waals surface area contributed by atoms with Crippen LogP contribution in [0.3, 0.4) is 0 Å². The normalized spacial score (nSPS) is 11.1. The lowest BCUT2D eigenvalue weighted by Gasteiger charge is -2.11. The highest BCUT2D eigenvalue weighted by Crippen LogP contribution is 2.22. The Kier molecular flexibility index (Phi) is 5.16. The zero-order chi connectivity index (χ0) is 16.9. The lowest BCUT2D eigenvalue weighted by atomic mass is 10.1. The van der Waals surface area contributed by atoms with E-state index in [0.717, 1.165) is 42.0 Å². The van der Waals surface area contributed by atoms with Gasteiger partial charge in [-0.1, -0.05) is 18.2 Å². The number of nitrogens with zero attached hydrogens (tertiary/aromatic N) is 2. The second-order valence-corrected chi connectivity index (χ2v) is 6.09. The third-order valence-corrected chi connectivity index (χ3v) is 4.33. The van der Waals surface area contributed by atoms with Crippen LogP contribution in [0.25, 0.3) is 11.0 Å². The van der Waals surface area contributed by atoms with Crippen LogP contribution in [0, 0.1) is 13.8 Å². The Morgan fingerprint density at radius 1 is 1.08 bits per heavy atom. The predicted molar refractivity (Wildman–Crippen MR) is 96.6 cm³/mol. The number of benzene rings is 2. The molecule has 126 valence electrons. The quantitative estimate of drug-likeness (QED) is 0.721. The van der Waals surface area contributed by atoms with Gasteiger partial charge in [-0.3, -0.25) is 0 Å². The standard InChI is InChI=1S/C20H24N2O2/c1-15-13-18-19(14-16(15)2)22(20(21-18)9-6-11-23)10-12-24-17-7-4-3-5-8-17/h3-5,7-8,13-14,23H,6,9-12H2,1-2H3. The van der Waals surface area contributed by atoms with Crippen molar-refractivity contribution in [1.29, 1.82) is 0 Å². The van der Waals surface area contributed by atoms with Gasteiger partial charge in [-0.25, -0.2) is 4.98 Å². The molecule has 0 aliphatic rings. The lowest BCUT2D eigenvalue weighted by Crippen LogP contribution is -2.11. The van der Waals surface area contributed by atoms with E-state index in [4.69, 9.17) is 14.8 Å². The van der Waals surface area contributed by atoms with Crippen molar-refractivity contribution in [2.45, 2.75) is 33.2 Å². The molecule has 0 fully saturated rings. The van der Waals surface area contributed by atoms with Gasteiger partial charge in [0.05, 0.1) is 17.6 Å². The topological polar surface area (TPSA) is 47.3 Å².